The van der Waals surface area contributed by atoms with E-state index >= 15 is 0 Å². The molecule has 0 amide bonds. The molecular formula is C9H3BrClFO3. The minimum Gasteiger partial charge on any atom is -0.475 e. The largest absolute Gasteiger partial charge is 0.475 e. The van der Waals surface area contributed by atoms with E-state index in [4.69, 9.17) is 21.1 Å². The maximum Gasteiger partial charge on any atom is 0.371 e. The van der Waals surface area contributed by atoms with Crippen molar-refractivity contribution in [3.05, 3.63) is 33.2 Å². The Labute approximate surface area is 96.6 Å². The molecule has 0 radical (unpaired) electrons. The van der Waals surface area contributed by atoms with E-state index in [0.717, 1.165) is 6.07 Å². The van der Waals surface area contributed by atoms with Crippen LogP contribution in [0.25, 0.3) is 11.0 Å². The second kappa shape index (κ2) is 3.50. The number of rotatable bonds is 1. The van der Waals surface area contributed by atoms with E-state index < -0.39 is 11.8 Å². The van der Waals surface area contributed by atoms with Crippen molar-refractivity contribution in [3.8, 4) is 0 Å². The first-order valence-corrected chi connectivity index (χ1v) is 4.98. The molecule has 0 atom stereocenters. The first-order valence-electron chi connectivity index (χ1n) is 3.81. The average Bonchev–Trinajstić information content (AvgIpc) is 2.59. The van der Waals surface area contributed by atoms with Gasteiger partial charge in [-0.1, -0.05) is 11.6 Å². The minimum atomic E-state index is -1.26. The number of aromatic carboxylic acids is 1. The molecule has 15 heavy (non-hydrogen) atoms. The average molecular weight is 293 g/mol. The highest BCUT2D eigenvalue weighted by atomic mass is 79.9. The third-order valence-electron chi connectivity index (χ3n) is 1.86. The third-order valence-corrected chi connectivity index (χ3v) is 2.72. The lowest BCUT2D eigenvalue weighted by Gasteiger charge is -1.96. The summed E-state index contributed by atoms with van der Waals surface area (Å²) < 4.78 is 18.8. The Kier molecular flexibility index (Phi) is 2.44. The number of furan rings is 1. The van der Waals surface area contributed by atoms with Crippen LogP contribution < -0.4 is 0 Å². The predicted octanol–water partition coefficient (Wildman–Crippen LogP) is 3.69. The summed E-state index contributed by atoms with van der Waals surface area (Å²) in [6.45, 7) is 0. The summed E-state index contributed by atoms with van der Waals surface area (Å²) in [6, 6.07) is 2.41. The Balaban J connectivity index is 2.85. The lowest BCUT2D eigenvalue weighted by Crippen LogP contribution is -1.91. The zero-order chi connectivity index (χ0) is 11.2. The molecule has 0 unspecified atom stereocenters. The van der Waals surface area contributed by atoms with Gasteiger partial charge in [-0.3, -0.25) is 0 Å². The van der Waals surface area contributed by atoms with E-state index in [1.54, 1.807) is 0 Å². The van der Waals surface area contributed by atoms with E-state index in [0.29, 0.717) is 4.47 Å². The van der Waals surface area contributed by atoms with Crippen LogP contribution in [-0.4, -0.2) is 11.1 Å². The van der Waals surface area contributed by atoms with Gasteiger partial charge >= 0.3 is 5.97 Å². The first-order chi connectivity index (χ1) is 7.00. The van der Waals surface area contributed by atoms with Crippen molar-refractivity contribution in [1.29, 1.82) is 0 Å². The van der Waals surface area contributed by atoms with Crippen LogP contribution in [0.15, 0.2) is 21.0 Å². The molecule has 0 aliphatic rings. The fraction of sp³-hybridized carbons (Fsp3) is 0. The molecule has 78 valence electrons. The van der Waals surface area contributed by atoms with E-state index in [9.17, 15) is 9.18 Å². The highest BCUT2D eigenvalue weighted by Crippen LogP contribution is 2.33. The monoisotopic (exact) mass is 292 g/mol. The summed E-state index contributed by atoms with van der Waals surface area (Å²) in [5.74, 6) is -2.27. The Morgan fingerprint density at radius 3 is 2.80 bits per heavy atom. The highest BCUT2D eigenvalue weighted by molar-refractivity contribution is 9.10. The van der Waals surface area contributed by atoms with Crippen LogP contribution >= 0.6 is 27.5 Å². The zero-order valence-electron chi connectivity index (χ0n) is 7.05. The van der Waals surface area contributed by atoms with Gasteiger partial charge in [0.25, 0.3) is 0 Å². The minimum absolute atomic E-state index is 0.0479. The summed E-state index contributed by atoms with van der Waals surface area (Å²) >= 11 is 8.69. The standard InChI is InChI=1S/C9H3BrClFO3/c10-4-2-5(11)7(12)3-1-6(9(13)14)15-8(3)4/h1-2H,(H,13,14). The van der Waals surface area contributed by atoms with Crippen molar-refractivity contribution in [2.45, 2.75) is 0 Å². The smallest absolute Gasteiger partial charge is 0.371 e. The van der Waals surface area contributed by atoms with Crippen molar-refractivity contribution in [2.24, 2.45) is 0 Å². The number of halogens is 3. The van der Waals surface area contributed by atoms with Gasteiger partial charge in [-0.25, -0.2) is 9.18 Å². The van der Waals surface area contributed by atoms with Gasteiger partial charge in [0.1, 0.15) is 0 Å². The number of hydrogen-bond donors (Lipinski definition) is 1. The molecule has 2 aromatic rings. The van der Waals surface area contributed by atoms with Gasteiger partial charge in [0, 0.05) is 6.07 Å². The molecule has 0 spiro atoms. The van der Waals surface area contributed by atoms with E-state index in [2.05, 4.69) is 15.9 Å². The SMILES string of the molecule is O=C(O)c1cc2c(F)c(Cl)cc(Br)c2o1. The van der Waals surface area contributed by atoms with Gasteiger partial charge in [0.2, 0.25) is 5.76 Å². The molecule has 1 N–H and O–H groups in total. The van der Waals surface area contributed by atoms with E-state index in [-0.39, 0.29) is 21.8 Å². The van der Waals surface area contributed by atoms with Gasteiger partial charge in [-0.2, -0.15) is 0 Å². The van der Waals surface area contributed by atoms with Crippen LogP contribution in [0.2, 0.25) is 5.02 Å². The molecule has 0 aliphatic heterocycles. The maximum absolute atomic E-state index is 13.4. The third kappa shape index (κ3) is 1.61. The van der Waals surface area contributed by atoms with Crippen LogP contribution in [0.3, 0.4) is 0 Å². The fourth-order valence-corrected chi connectivity index (χ4v) is 2.07. The second-order valence-electron chi connectivity index (χ2n) is 2.81. The molecule has 2 rings (SSSR count). The molecule has 3 nitrogen and oxygen atoms in total. The lowest BCUT2D eigenvalue weighted by atomic mass is 10.2. The molecule has 6 heteroatoms. The van der Waals surface area contributed by atoms with Crippen LogP contribution in [0, 0.1) is 5.82 Å². The van der Waals surface area contributed by atoms with E-state index in [1.807, 2.05) is 0 Å². The Hall–Kier alpha value is -1.07. The van der Waals surface area contributed by atoms with Crippen LogP contribution in [0.1, 0.15) is 10.6 Å². The Morgan fingerprint density at radius 2 is 2.20 bits per heavy atom. The Bertz CT molecular complexity index is 564. The zero-order valence-corrected chi connectivity index (χ0v) is 9.39. The maximum atomic E-state index is 13.4. The fourth-order valence-electron chi connectivity index (χ4n) is 1.21. The second-order valence-corrected chi connectivity index (χ2v) is 4.07. The topological polar surface area (TPSA) is 50.4 Å². The molecule has 0 saturated carbocycles. The number of benzene rings is 1. The molecule has 0 saturated heterocycles. The Morgan fingerprint density at radius 1 is 1.53 bits per heavy atom. The van der Waals surface area contributed by atoms with Crippen molar-refractivity contribution < 1.29 is 18.7 Å². The molecule has 0 aliphatic carbocycles. The predicted molar refractivity (Wildman–Crippen MR) is 55.8 cm³/mol. The van der Waals surface area contributed by atoms with Crippen LogP contribution in [-0.2, 0) is 0 Å². The molecule has 1 heterocycles. The van der Waals surface area contributed by atoms with Gasteiger partial charge < -0.3 is 9.52 Å². The van der Waals surface area contributed by atoms with Crippen LogP contribution in [0.4, 0.5) is 4.39 Å². The molecule has 0 bridgehead atoms. The summed E-state index contributed by atoms with van der Waals surface area (Å²) in [5.41, 5.74) is 0.134. The molecule has 1 aromatic heterocycles. The number of fused-ring (bicyclic) bond motifs is 1. The summed E-state index contributed by atoms with van der Waals surface area (Å²) in [7, 11) is 0. The van der Waals surface area contributed by atoms with Crippen molar-refractivity contribution >= 4 is 44.5 Å². The molecule has 0 fully saturated rings. The summed E-state index contributed by atoms with van der Waals surface area (Å²) in [6.07, 6.45) is 0. The summed E-state index contributed by atoms with van der Waals surface area (Å²) in [4.78, 5) is 10.6. The summed E-state index contributed by atoms with van der Waals surface area (Å²) in [5, 5.41) is 8.63. The van der Waals surface area contributed by atoms with Gasteiger partial charge in [-0.15, -0.1) is 0 Å². The molecule has 1 aromatic carbocycles. The number of hydrogen-bond acceptors (Lipinski definition) is 2. The van der Waals surface area contributed by atoms with Crippen molar-refractivity contribution in [2.75, 3.05) is 0 Å². The quantitative estimate of drug-likeness (QED) is 0.816. The normalized spacial score (nSPS) is 10.9. The van der Waals surface area contributed by atoms with E-state index in [1.165, 1.54) is 6.07 Å². The lowest BCUT2D eigenvalue weighted by molar-refractivity contribution is 0.0665. The van der Waals surface area contributed by atoms with Gasteiger partial charge in [0.15, 0.2) is 11.4 Å². The van der Waals surface area contributed by atoms with Crippen molar-refractivity contribution in [3.63, 3.8) is 0 Å². The van der Waals surface area contributed by atoms with Gasteiger partial charge in [0.05, 0.1) is 14.9 Å². The van der Waals surface area contributed by atoms with Crippen molar-refractivity contribution in [1.82, 2.24) is 0 Å². The highest BCUT2D eigenvalue weighted by Gasteiger charge is 2.17. The molecular weight excluding hydrogens is 290 g/mol. The van der Waals surface area contributed by atoms with Gasteiger partial charge in [-0.05, 0) is 22.0 Å². The number of carbonyl (C=O) groups is 1. The van der Waals surface area contributed by atoms with Crippen LogP contribution in [0.5, 0.6) is 0 Å². The number of carboxylic acids is 1. The number of carboxylic acid groups (broad SMARTS) is 1. The first kappa shape index (κ1) is 10.4.